The smallest absolute Gasteiger partial charge is 0.414 e. The van der Waals surface area contributed by atoms with Gasteiger partial charge in [0.1, 0.15) is 5.00 Å². The van der Waals surface area contributed by atoms with Crippen LogP contribution in [0.3, 0.4) is 0 Å². The summed E-state index contributed by atoms with van der Waals surface area (Å²) >= 11 is 1.07. The van der Waals surface area contributed by atoms with Crippen LogP contribution in [0.2, 0.25) is 0 Å². The van der Waals surface area contributed by atoms with Crippen LogP contribution in [-0.2, 0) is 4.74 Å². The number of halogens is 2. The number of aromatic nitrogens is 3. The third kappa shape index (κ3) is 5.31. The number of nitrogens with one attached hydrogen (secondary N) is 2. The standard InChI is InChI=1S/C17H15F2N5O4S/c1-17(18,19)4-6-28-16(27)23-14(26)11-3-7-29-15(11)22-13(25)10-8-20-12-2-5-21-24(12)9-10/h2-3,5,7-9H,4,6H2,1H3,(H,22,25)(H,23,26,27). The molecule has 3 aromatic rings. The second kappa shape index (κ2) is 8.31. The highest BCUT2D eigenvalue weighted by Crippen LogP contribution is 2.24. The summed E-state index contributed by atoms with van der Waals surface area (Å²) < 4.78 is 31.4. The number of carbonyl (C=O) groups is 3. The first kappa shape index (κ1) is 20.3. The van der Waals surface area contributed by atoms with Gasteiger partial charge in [-0.15, -0.1) is 11.3 Å². The number of alkyl carbamates (subject to hydrolysis) is 1. The number of ether oxygens (including phenoxy) is 1. The average Bonchev–Trinajstić information content (AvgIpc) is 3.28. The molecule has 0 aliphatic carbocycles. The van der Waals surface area contributed by atoms with Crippen molar-refractivity contribution >= 4 is 39.9 Å². The molecule has 152 valence electrons. The van der Waals surface area contributed by atoms with E-state index in [1.54, 1.807) is 11.4 Å². The molecule has 0 fully saturated rings. The van der Waals surface area contributed by atoms with E-state index >= 15 is 0 Å². The van der Waals surface area contributed by atoms with E-state index in [1.165, 1.54) is 29.2 Å². The molecule has 0 unspecified atom stereocenters. The Labute approximate surface area is 166 Å². The second-order valence-corrected chi connectivity index (χ2v) is 6.92. The van der Waals surface area contributed by atoms with Crippen LogP contribution in [0.5, 0.6) is 0 Å². The molecule has 12 heteroatoms. The number of imide groups is 1. The highest BCUT2D eigenvalue weighted by Gasteiger charge is 2.23. The lowest BCUT2D eigenvalue weighted by Crippen LogP contribution is -2.32. The molecule has 0 saturated heterocycles. The van der Waals surface area contributed by atoms with Crippen molar-refractivity contribution in [2.75, 3.05) is 11.9 Å². The van der Waals surface area contributed by atoms with Gasteiger partial charge < -0.3 is 10.1 Å². The lowest BCUT2D eigenvalue weighted by Gasteiger charge is -2.10. The van der Waals surface area contributed by atoms with Crippen LogP contribution >= 0.6 is 11.3 Å². The van der Waals surface area contributed by atoms with Crippen molar-refractivity contribution in [2.45, 2.75) is 19.3 Å². The van der Waals surface area contributed by atoms with Gasteiger partial charge in [-0.25, -0.2) is 23.1 Å². The van der Waals surface area contributed by atoms with Gasteiger partial charge in [-0.2, -0.15) is 5.10 Å². The van der Waals surface area contributed by atoms with Crippen molar-refractivity contribution in [2.24, 2.45) is 0 Å². The van der Waals surface area contributed by atoms with Gasteiger partial charge in [0, 0.05) is 24.9 Å². The Kier molecular flexibility index (Phi) is 5.82. The highest BCUT2D eigenvalue weighted by atomic mass is 32.1. The molecule has 0 saturated carbocycles. The number of rotatable bonds is 6. The summed E-state index contributed by atoms with van der Waals surface area (Å²) in [7, 11) is 0. The molecule has 0 atom stereocenters. The zero-order chi connectivity index (χ0) is 21.0. The Morgan fingerprint density at radius 1 is 1.28 bits per heavy atom. The Hall–Kier alpha value is -3.41. The Balaban J connectivity index is 1.61. The van der Waals surface area contributed by atoms with Crippen LogP contribution in [0.15, 0.2) is 36.1 Å². The zero-order valence-corrected chi connectivity index (χ0v) is 15.8. The fraction of sp³-hybridized carbons (Fsp3) is 0.235. The maximum Gasteiger partial charge on any atom is 0.414 e. The van der Waals surface area contributed by atoms with Crippen LogP contribution < -0.4 is 10.6 Å². The van der Waals surface area contributed by atoms with E-state index < -0.39 is 36.9 Å². The summed E-state index contributed by atoms with van der Waals surface area (Å²) in [6, 6.07) is 3.07. The van der Waals surface area contributed by atoms with Crippen molar-refractivity contribution in [3.05, 3.63) is 47.2 Å². The average molecular weight is 423 g/mol. The summed E-state index contributed by atoms with van der Waals surface area (Å²) in [5, 5.41) is 10.2. The number of anilines is 1. The van der Waals surface area contributed by atoms with E-state index in [1.807, 2.05) is 5.32 Å². The van der Waals surface area contributed by atoms with Crippen molar-refractivity contribution in [1.29, 1.82) is 0 Å². The maximum atomic E-state index is 12.7. The summed E-state index contributed by atoms with van der Waals surface area (Å²) in [6.07, 6.45) is 2.55. The molecule has 0 aliphatic rings. The summed E-state index contributed by atoms with van der Waals surface area (Å²) in [6.45, 7) is 0.151. The number of amides is 3. The number of hydrogen-bond acceptors (Lipinski definition) is 7. The minimum atomic E-state index is -2.98. The number of carbonyl (C=O) groups excluding carboxylic acids is 3. The molecule has 2 N–H and O–H groups in total. The summed E-state index contributed by atoms with van der Waals surface area (Å²) in [4.78, 5) is 40.3. The molecular formula is C17H15F2N5O4S. The fourth-order valence-corrected chi connectivity index (χ4v) is 2.99. The lowest BCUT2D eigenvalue weighted by atomic mass is 10.2. The van der Waals surface area contributed by atoms with Gasteiger partial charge in [-0.3, -0.25) is 14.9 Å². The second-order valence-electron chi connectivity index (χ2n) is 6.00. The Morgan fingerprint density at radius 2 is 2.07 bits per heavy atom. The molecule has 0 bridgehead atoms. The summed E-state index contributed by atoms with van der Waals surface area (Å²) in [5.41, 5.74) is 0.798. The van der Waals surface area contributed by atoms with Gasteiger partial charge in [0.05, 0.1) is 23.9 Å². The van der Waals surface area contributed by atoms with E-state index in [0.717, 1.165) is 11.3 Å². The molecule has 0 aliphatic heterocycles. The monoisotopic (exact) mass is 423 g/mol. The number of thiophene rings is 1. The van der Waals surface area contributed by atoms with Crippen molar-refractivity contribution in [3.8, 4) is 0 Å². The number of hydrogen-bond donors (Lipinski definition) is 2. The quantitative estimate of drug-likeness (QED) is 0.630. The number of alkyl halides is 2. The summed E-state index contributed by atoms with van der Waals surface area (Å²) in [5.74, 6) is -4.35. The largest absolute Gasteiger partial charge is 0.449 e. The number of fused-ring (bicyclic) bond motifs is 1. The van der Waals surface area contributed by atoms with Crippen LogP contribution in [0.4, 0.5) is 18.6 Å². The van der Waals surface area contributed by atoms with Gasteiger partial charge in [0.2, 0.25) is 5.92 Å². The third-order valence-electron chi connectivity index (χ3n) is 3.64. The molecule has 0 spiro atoms. The molecule has 3 amide bonds. The highest BCUT2D eigenvalue weighted by molar-refractivity contribution is 7.14. The molecule has 3 aromatic heterocycles. The first-order valence-electron chi connectivity index (χ1n) is 8.27. The van der Waals surface area contributed by atoms with Crippen molar-refractivity contribution in [3.63, 3.8) is 0 Å². The minimum absolute atomic E-state index is 0.0225. The first-order chi connectivity index (χ1) is 13.7. The fourth-order valence-electron chi connectivity index (χ4n) is 2.21. The van der Waals surface area contributed by atoms with Crippen LogP contribution in [0.1, 0.15) is 34.1 Å². The van der Waals surface area contributed by atoms with E-state index in [-0.39, 0.29) is 16.1 Å². The predicted octanol–water partition coefficient (Wildman–Crippen LogP) is 2.95. The van der Waals surface area contributed by atoms with Gasteiger partial charge >= 0.3 is 6.09 Å². The molecule has 29 heavy (non-hydrogen) atoms. The zero-order valence-electron chi connectivity index (χ0n) is 15.0. The van der Waals surface area contributed by atoms with Crippen molar-refractivity contribution in [1.82, 2.24) is 19.9 Å². The first-order valence-corrected chi connectivity index (χ1v) is 9.15. The third-order valence-corrected chi connectivity index (χ3v) is 4.47. The van der Waals surface area contributed by atoms with E-state index in [9.17, 15) is 23.2 Å². The molecule has 0 radical (unpaired) electrons. The van der Waals surface area contributed by atoms with E-state index in [2.05, 4.69) is 20.1 Å². The van der Waals surface area contributed by atoms with Crippen LogP contribution in [0, 0.1) is 0 Å². The van der Waals surface area contributed by atoms with E-state index in [0.29, 0.717) is 12.6 Å². The molecule has 3 heterocycles. The maximum absolute atomic E-state index is 12.7. The predicted molar refractivity (Wildman–Crippen MR) is 99.3 cm³/mol. The van der Waals surface area contributed by atoms with Gasteiger partial charge in [-0.05, 0) is 18.4 Å². The molecule has 0 aromatic carbocycles. The topological polar surface area (TPSA) is 115 Å². The lowest BCUT2D eigenvalue weighted by molar-refractivity contribution is -0.00489. The molecular weight excluding hydrogens is 408 g/mol. The van der Waals surface area contributed by atoms with E-state index in [4.69, 9.17) is 0 Å². The van der Waals surface area contributed by atoms with Crippen LogP contribution in [-0.4, -0.2) is 45.0 Å². The Bertz CT molecular complexity index is 1060. The number of nitrogens with zero attached hydrogens (tertiary/aromatic N) is 3. The SMILES string of the molecule is CC(F)(F)CCOC(=O)NC(=O)c1ccsc1NC(=O)c1cnc2ccnn2c1. The molecule has 3 rings (SSSR count). The van der Waals surface area contributed by atoms with Gasteiger partial charge in [0.25, 0.3) is 11.8 Å². The van der Waals surface area contributed by atoms with Crippen LogP contribution in [0.25, 0.3) is 5.65 Å². The Morgan fingerprint density at radius 3 is 2.83 bits per heavy atom. The van der Waals surface area contributed by atoms with Gasteiger partial charge in [-0.1, -0.05) is 0 Å². The van der Waals surface area contributed by atoms with Crippen molar-refractivity contribution < 1.29 is 27.9 Å². The normalized spacial score (nSPS) is 11.3. The van der Waals surface area contributed by atoms with Gasteiger partial charge in [0.15, 0.2) is 5.65 Å². The minimum Gasteiger partial charge on any atom is -0.449 e. The molecule has 9 nitrogen and oxygen atoms in total.